The van der Waals surface area contributed by atoms with Crippen molar-refractivity contribution in [3.05, 3.63) is 38.5 Å². The van der Waals surface area contributed by atoms with E-state index in [-0.39, 0.29) is 15.7 Å². The Morgan fingerprint density at radius 1 is 1.48 bits per heavy atom. The van der Waals surface area contributed by atoms with E-state index >= 15 is 0 Å². The summed E-state index contributed by atoms with van der Waals surface area (Å²) in [6.07, 6.45) is 1.36. The van der Waals surface area contributed by atoms with Gasteiger partial charge in [-0.25, -0.2) is 9.78 Å². The maximum Gasteiger partial charge on any atom is 0.340 e. The standard InChI is InChI=1S/C11H11N5O4S/c1-16-11(14-7(17)8(18)15-16)21-9-6(10(19)20-2)3-5(12)4-13-9/h3-4H,12H2,1-2H3,(H,15,18). The molecule has 10 heteroatoms. The van der Waals surface area contributed by atoms with E-state index in [9.17, 15) is 14.4 Å². The number of aryl methyl sites for hydroxylation is 1. The number of aromatic nitrogens is 4. The first-order chi connectivity index (χ1) is 9.92. The van der Waals surface area contributed by atoms with Crippen molar-refractivity contribution in [1.82, 2.24) is 19.7 Å². The highest BCUT2D eigenvalue weighted by atomic mass is 32.2. The van der Waals surface area contributed by atoms with E-state index in [1.165, 1.54) is 31.1 Å². The van der Waals surface area contributed by atoms with Gasteiger partial charge in [-0.15, -0.1) is 0 Å². The number of pyridine rings is 1. The first-order valence-electron chi connectivity index (χ1n) is 5.61. The molecule has 0 spiro atoms. The first kappa shape index (κ1) is 14.8. The predicted octanol–water partition coefficient (Wildman–Crippen LogP) is -0.616. The Morgan fingerprint density at radius 3 is 2.86 bits per heavy atom. The molecule has 0 amide bonds. The van der Waals surface area contributed by atoms with Crippen LogP contribution in [0.4, 0.5) is 5.69 Å². The molecule has 0 aromatic carbocycles. The molecule has 0 radical (unpaired) electrons. The average molecular weight is 309 g/mol. The molecule has 0 bridgehead atoms. The van der Waals surface area contributed by atoms with Crippen LogP contribution in [0, 0.1) is 0 Å². The Hall–Kier alpha value is -2.62. The minimum absolute atomic E-state index is 0.142. The molecule has 0 atom stereocenters. The topological polar surface area (TPSA) is 133 Å². The number of nitrogens with two attached hydrogens (primary N) is 1. The van der Waals surface area contributed by atoms with Crippen molar-refractivity contribution in [3.8, 4) is 0 Å². The Kier molecular flexibility index (Phi) is 4.08. The summed E-state index contributed by atoms with van der Waals surface area (Å²) in [6.45, 7) is 0. The van der Waals surface area contributed by atoms with Crippen LogP contribution in [-0.2, 0) is 11.8 Å². The Morgan fingerprint density at radius 2 is 2.19 bits per heavy atom. The van der Waals surface area contributed by atoms with Gasteiger partial charge in [0.15, 0.2) is 5.16 Å². The van der Waals surface area contributed by atoms with Crippen LogP contribution >= 0.6 is 11.8 Å². The number of esters is 1. The third-order valence-corrected chi connectivity index (χ3v) is 3.48. The van der Waals surface area contributed by atoms with Gasteiger partial charge >= 0.3 is 17.1 Å². The van der Waals surface area contributed by atoms with Gasteiger partial charge in [-0.2, -0.15) is 4.98 Å². The highest BCUT2D eigenvalue weighted by molar-refractivity contribution is 7.99. The van der Waals surface area contributed by atoms with Gasteiger partial charge < -0.3 is 10.5 Å². The van der Waals surface area contributed by atoms with E-state index in [0.29, 0.717) is 5.69 Å². The van der Waals surface area contributed by atoms with Gasteiger partial charge in [-0.05, 0) is 17.8 Å². The monoisotopic (exact) mass is 309 g/mol. The van der Waals surface area contributed by atoms with Crippen LogP contribution < -0.4 is 16.9 Å². The number of anilines is 1. The summed E-state index contributed by atoms with van der Waals surface area (Å²) in [5, 5.41) is 2.72. The van der Waals surface area contributed by atoms with Crippen molar-refractivity contribution in [1.29, 1.82) is 0 Å². The molecule has 0 aliphatic carbocycles. The molecule has 21 heavy (non-hydrogen) atoms. The fourth-order valence-electron chi connectivity index (χ4n) is 1.44. The molecule has 2 aromatic heterocycles. The number of H-pyrrole nitrogens is 1. The van der Waals surface area contributed by atoms with Crippen LogP contribution in [0.25, 0.3) is 0 Å². The number of nitrogens with one attached hydrogen (secondary N) is 1. The Labute approximate surface area is 122 Å². The third kappa shape index (κ3) is 3.11. The summed E-state index contributed by atoms with van der Waals surface area (Å²) in [6, 6.07) is 1.41. The molecule has 2 rings (SSSR count). The fourth-order valence-corrected chi connectivity index (χ4v) is 2.29. The second-order valence-electron chi connectivity index (χ2n) is 3.91. The second-order valence-corrected chi connectivity index (χ2v) is 4.87. The van der Waals surface area contributed by atoms with Crippen LogP contribution in [0.3, 0.4) is 0 Å². The van der Waals surface area contributed by atoms with Crippen LogP contribution in [-0.4, -0.2) is 32.8 Å². The summed E-state index contributed by atoms with van der Waals surface area (Å²) in [5.41, 5.74) is 4.27. The lowest BCUT2D eigenvalue weighted by Gasteiger charge is -2.09. The van der Waals surface area contributed by atoms with Crippen molar-refractivity contribution in [2.75, 3.05) is 12.8 Å². The molecular weight excluding hydrogens is 298 g/mol. The summed E-state index contributed by atoms with van der Waals surface area (Å²) in [7, 11) is 2.74. The molecule has 0 aliphatic heterocycles. The molecule has 0 fully saturated rings. The maximum atomic E-state index is 11.7. The van der Waals surface area contributed by atoms with Gasteiger partial charge in [0.1, 0.15) is 5.03 Å². The van der Waals surface area contributed by atoms with Crippen molar-refractivity contribution < 1.29 is 9.53 Å². The minimum atomic E-state index is -0.925. The minimum Gasteiger partial charge on any atom is -0.465 e. The second kappa shape index (κ2) is 5.79. The molecule has 0 unspecified atom stereocenters. The summed E-state index contributed by atoms with van der Waals surface area (Å²) >= 11 is 0.930. The van der Waals surface area contributed by atoms with E-state index in [4.69, 9.17) is 5.73 Å². The van der Waals surface area contributed by atoms with Gasteiger partial charge in [0, 0.05) is 7.05 Å². The molecular formula is C11H11N5O4S. The first-order valence-corrected chi connectivity index (χ1v) is 6.43. The molecule has 0 aliphatic rings. The van der Waals surface area contributed by atoms with Crippen molar-refractivity contribution in [2.45, 2.75) is 10.2 Å². The third-order valence-electron chi connectivity index (χ3n) is 2.41. The SMILES string of the molecule is COC(=O)c1cc(N)cnc1Sc1nc(=O)c(=O)[nH]n1C. The fraction of sp³-hybridized carbons (Fsp3) is 0.182. The molecule has 9 nitrogen and oxygen atoms in total. The van der Waals surface area contributed by atoms with Crippen LogP contribution in [0.1, 0.15) is 10.4 Å². The van der Waals surface area contributed by atoms with Crippen molar-refractivity contribution >= 4 is 23.4 Å². The van der Waals surface area contributed by atoms with Gasteiger partial charge in [0.2, 0.25) is 0 Å². The zero-order chi connectivity index (χ0) is 15.6. The number of hydrogen-bond donors (Lipinski definition) is 2. The van der Waals surface area contributed by atoms with Crippen LogP contribution in [0.5, 0.6) is 0 Å². The number of carbonyl (C=O) groups is 1. The maximum absolute atomic E-state index is 11.7. The number of hydrogen-bond acceptors (Lipinski definition) is 8. The zero-order valence-electron chi connectivity index (χ0n) is 11.1. The van der Waals surface area contributed by atoms with E-state index in [2.05, 4.69) is 19.8 Å². The summed E-state index contributed by atoms with van der Waals surface area (Å²) in [5.74, 6) is -0.619. The lowest BCUT2D eigenvalue weighted by Crippen LogP contribution is -2.33. The molecule has 2 heterocycles. The number of ether oxygens (including phenoxy) is 1. The molecule has 110 valence electrons. The smallest absolute Gasteiger partial charge is 0.340 e. The number of carbonyl (C=O) groups excluding carboxylic acids is 1. The Balaban J connectivity index is 2.49. The molecule has 2 aromatic rings. The van der Waals surface area contributed by atoms with Gasteiger partial charge in [0.25, 0.3) is 0 Å². The van der Waals surface area contributed by atoms with E-state index < -0.39 is 17.1 Å². The van der Waals surface area contributed by atoms with Crippen molar-refractivity contribution in [2.24, 2.45) is 7.05 Å². The van der Waals surface area contributed by atoms with Gasteiger partial charge in [0.05, 0.1) is 24.6 Å². The van der Waals surface area contributed by atoms with E-state index in [1.54, 1.807) is 0 Å². The number of nitrogens with zero attached hydrogens (tertiary/aromatic N) is 3. The molecule has 3 N–H and O–H groups in total. The normalized spacial score (nSPS) is 10.4. The zero-order valence-corrected chi connectivity index (χ0v) is 11.9. The molecule has 0 saturated carbocycles. The average Bonchev–Trinajstić information content (AvgIpc) is 2.45. The number of nitrogen functional groups attached to an aromatic ring is 1. The van der Waals surface area contributed by atoms with Crippen LogP contribution in [0.15, 0.2) is 32.0 Å². The van der Waals surface area contributed by atoms with Crippen LogP contribution in [0.2, 0.25) is 0 Å². The highest BCUT2D eigenvalue weighted by Crippen LogP contribution is 2.27. The van der Waals surface area contributed by atoms with Gasteiger partial charge in [-0.3, -0.25) is 19.4 Å². The predicted molar refractivity (Wildman–Crippen MR) is 74.2 cm³/mol. The number of rotatable bonds is 3. The quantitative estimate of drug-likeness (QED) is 0.566. The number of aromatic amines is 1. The largest absolute Gasteiger partial charge is 0.465 e. The summed E-state index contributed by atoms with van der Waals surface area (Å²) in [4.78, 5) is 41.8. The molecule has 0 saturated heterocycles. The lowest BCUT2D eigenvalue weighted by atomic mass is 10.3. The Bertz CT molecular complexity index is 813. The van der Waals surface area contributed by atoms with Gasteiger partial charge in [-0.1, -0.05) is 0 Å². The number of methoxy groups -OCH3 is 1. The highest BCUT2D eigenvalue weighted by Gasteiger charge is 2.17. The van der Waals surface area contributed by atoms with Crippen molar-refractivity contribution in [3.63, 3.8) is 0 Å². The lowest BCUT2D eigenvalue weighted by molar-refractivity contribution is 0.0596. The van der Waals surface area contributed by atoms with E-state index in [1.807, 2.05) is 0 Å². The summed E-state index contributed by atoms with van der Waals surface area (Å²) < 4.78 is 5.91. The van der Waals surface area contributed by atoms with E-state index in [0.717, 1.165) is 11.8 Å².